The number of carbonyl (C=O) groups is 4. The van der Waals surface area contributed by atoms with E-state index in [0.717, 1.165) is 16.7 Å². The lowest BCUT2D eigenvalue weighted by Gasteiger charge is -2.41. The van der Waals surface area contributed by atoms with Gasteiger partial charge in [-0.2, -0.15) is 0 Å². The molecule has 0 spiro atoms. The number of methoxy groups -OCH3 is 1. The van der Waals surface area contributed by atoms with E-state index >= 15 is 0 Å². The van der Waals surface area contributed by atoms with Gasteiger partial charge in [0.15, 0.2) is 0 Å². The normalized spacial score (nSPS) is 15.8. The molecule has 3 atom stereocenters. The van der Waals surface area contributed by atoms with Crippen LogP contribution in [0.2, 0.25) is 0 Å². The zero-order valence-electron chi connectivity index (χ0n) is 23.3. The van der Waals surface area contributed by atoms with Gasteiger partial charge in [0.25, 0.3) is 0 Å². The van der Waals surface area contributed by atoms with Crippen molar-refractivity contribution >= 4 is 23.7 Å². The maximum atomic E-state index is 13.4. The van der Waals surface area contributed by atoms with Gasteiger partial charge in [-0.25, -0.2) is 4.79 Å². The first-order chi connectivity index (χ1) is 19.9. The molecule has 3 amide bonds. The van der Waals surface area contributed by atoms with Crippen LogP contribution in [0.4, 0.5) is 0 Å². The molecule has 1 fully saturated rings. The van der Waals surface area contributed by atoms with E-state index in [-0.39, 0.29) is 37.1 Å². The van der Waals surface area contributed by atoms with Gasteiger partial charge in [-0.1, -0.05) is 91.0 Å². The van der Waals surface area contributed by atoms with Crippen LogP contribution in [-0.2, 0) is 36.8 Å². The third-order valence-corrected chi connectivity index (χ3v) is 7.32. The summed E-state index contributed by atoms with van der Waals surface area (Å²) in [7, 11) is 1.28. The molecule has 8 nitrogen and oxygen atoms in total. The number of ether oxygens (including phenoxy) is 1. The first kappa shape index (κ1) is 29.5. The molecule has 0 radical (unpaired) electrons. The highest BCUT2D eigenvalue weighted by Crippen LogP contribution is 2.34. The van der Waals surface area contributed by atoms with Crippen molar-refractivity contribution in [1.29, 1.82) is 0 Å². The van der Waals surface area contributed by atoms with E-state index in [0.29, 0.717) is 25.8 Å². The topological polar surface area (TPSA) is 105 Å². The number of rotatable bonds is 14. The second-order valence-corrected chi connectivity index (χ2v) is 10.3. The van der Waals surface area contributed by atoms with E-state index in [4.69, 9.17) is 4.74 Å². The molecule has 1 aliphatic rings. The molecule has 0 aromatic heterocycles. The number of hydrogen-bond donors (Lipinski definition) is 2. The zero-order chi connectivity index (χ0) is 29.0. The maximum Gasteiger partial charge on any atom is 0.328 e. The van der Waals surface area contributed by atoms with Crippen LogP contribution in [0.5, 0.6) is 0 Å². The highest BCUT2D eigenvalue weighted by Gasteiger charge is 2.36. The van der Waals surface area contributed by atoms with Crippen molar-refractivity contribution in [2.75, 3.05) is 13.7 Å². The molecule has 3 aromatic carbocycles. The molecule has 1 unspecified atom stereocenters. The number of hydrogen-bond acceptors (Lipinski definition) is 5. The van der Waals surface area contributed by atoms with Crippen LogP contribution in [0.3, 0.4) is 0 Å². The molecule has 1 heterocycles. The number of nitrogens with zero attached hydrogens (tertiary/aromatic N) is 1. The summed E-state index contributed by atoms with van der Waals surface area (Å²) in [6.07, 6.45) is 2.54. The quantitative estimate of drug-likeness (QED) is 0.179. The Morgan fingerprint density at radius 1 is 0.805 bits per heavy atom. The van der Waals surface area contributed by atoms with Gasteiger partial charge in [-0.3, -0.25) is 14.4 Å². The van der Waals surface area contributed by atoms with Gasteiger partial charge in [0.1, 0.15) is 12.1 Å². The van der Waals surface area contributed by atoms with Crippen molar-refractivity contribution in [2.45, 2.75) is 56.7 Å². The summed E-state index contributed by atoms with van der Waals surface area (Å²) in [4.78, 5) is 52.9. The highest BCUT2D eigenvalue weighted by atomic mass is 16.5. The van der Waals surface area contributed by atoms with Crippen molar-refractivity contribution < 1.29 is 23.9 Å². The molecule has 8 heteroatoms. The van der Waals surface area contributed by atoms with Gasteiger partial charge >= 0.3 is 5.97 Å². The van der Waals surface area contributed by atoms with Gasteiger partial charge in [-0.05, 0) is 29.5 Å². The fourth-order valence-corrected chi connectivity index (χ4v) is 5.06. The predicted octanol–water partition coefficient (Wildman–Crippen LogP) is 3.76. The number of carbonyl (C=O) groups excluding carboxylic acids is 4. The molecule has 2 N–H and O–H groups in total. The molecule has 41 heavy (non-hydrogen) atoms. The summed E-state index contributed by atoms with van der Waals surface area (Å²) in [5.41, 5.74) is 2.88. The predicted molar refractivity (Wildman–Crippen MR) is 156 cm³/mol. The smallest absolute Gasteiger partial charge is 0.328 e. The summed E-state index contributed by atoms with van der Waals surface area (Å²) in [6, 6.07) is 27.1. The van der Waals surface area contributed by atoms with Gasteiger partial charge < -0.3 is 20.3 Å². The van der Waals surface area contributed by atoms with E-state index < -0.39 is 24.0 Å². The van der Waals surface area contributed by atoms with E-state index in [2.05, 4.69) is 10.6 Å². The third-order valence-electron chi connectivity index (χ3n) is 7.32. The van der Waals surface area contributed by atoms with Crippen molar-refractivity contribution in [3.8, 4) is 0 Å². The Morgan fingerprint density at radius 3 is 1.93 bits per heavy atom. The third kappa shape index (κ3) is 8.51. The number of amides is 3. The van der Waals surface area contributed by atoms with Crippen LogP contribution >= 0.6 is 0 Å². The molecule has 4 rings (SSSR count). The van der Waals surface area contributed by atoms with Gasteiger partial charge in [0.05, 0.1) is 19.6 Å². The number of unbranched alkanes of at least 4 members (excludes halogenated alkanes) is 1. The van der Waals surface area contributed by atoms with Crippen molar-refractivity contribution in [3.63, 3.8) is 0 Å². The highest BCUT2D eigenvalue weighted by molar-refractivity contribution is 5.91. The molecule has 0 bridgehead atoms. The SMILES string of the molecule is COC(=O)[C@H](Cc1ccccc1)NC(=O)[C@H](Cc1ccccc1)NC(=O)CCCCN1C(=O)CC1c1ccccc1. The first-order valence-electron chi connectivity index (χ1n) is 14.0. The summed E-state index contributed by atoms with van der Waals surface area (Å²) in [6.45, 7) is 0.583. The van der Waals surface area contributed by atoms with Gasteiger partial charge in [0, 0.05) is 25.8 Å². The van der Waals surface area contributed by atoms with Crippen LogP contribution in [-0.4, -0.2) is 54.3 Å². The average Bonchev–Trinajstić information content (AvgIpc) is 3.00. The second-order valence-electron chi connectivity index (χ2n) is 10.3. The first-order valence-corrected chi connectivity index (χ1v) is 14.0. The lowest BCUT2D eigenvalue weighted by atomic mass is 9.93. The second kappa shape index (κ2) is 14.8. The Bertz CT molecular complexity index is 1300. The summed E-state index contributed by atoms with van der Waals surface area (Å²) in [5, 5.41) is 5.66. The van der Waals surface area contributed by atoms with Crippen LogP contribution < -0.4 is 10.6 Å². The molecule has 1 aliphatic heterocycles. The molecule has 1 saturated heterocycles. The van der Waals surface area contributed by atoms with Crippen molar-refractivity contribution in [2.24, 2.45) is 0 Å². The standard InChI is InChI=1S/C33H37N3O5/c1-41-33(40)28(22-25-15-7-3-8-16-25)35-32(39)27(21-24-13-5-2-6-14-24)34-30(37)19-11-12-20-36-29(23-31(36)38)26-17-9-4-10-18-26/h2-10,13-18,27-29H,11-12,19-23H2,1H3,(H,34,37)(H,35,39)/t27-,28-,29?/m0/s1. The van der Waals surface area contributed by atoms with E-state index in [1.165, 1.54) is 7.11 Å². The van der Waals surface area contributed by atoms with Crippen LogP contribution in [0.25, 0.3) is 0 Å². The Balaban J connectivity index is 1.33. The maximum absolute atomic E-state index is 13.4. The lowest BCUT2D eigenvalue weighted by molar-refractivity contribution is -0.146. The molecule has 0 saturated carbocycles. The number of benzene rings is 3. The zero-order valence-corrected chi connectivity index (χ0v) is 23.3. The number of β-lactam (4-membered cyclic amide) rings is 1. The minimum Gasteiger partial charge on any atom is -0.467 e. The minimum atomic E-state index is -0.892. The molecule has 214 valence electrons. The monoisotopic (exact) mass is 555 g/mol. The Labute approximate surface area is 241 Å². The fraction of sp³-hybridized carbons (Fsp3) is 0.333. The van der Waals surface area contributed by atoms with Crippen molar-refractivity contribution in [3.05, 3.63) is 108 Å². The van der Waals surface area contributed by atoms with E-state index in [1.54, 1.807) is 0 Å². The lowest BCUT2D eigenvalue weighted by Crippen LogP contribution is -2.53. The average molecular weight is 556 g/mol. The summed E-state index contributed by atoms with van der Waals surface area (Å²) >= 11 is 0. The van der Waals surface area contributed by atoms with Crippen LogP contribution in [0, 0.1) is 0 Å². The van der Waals surface area contributed by atoms with Crippen LogP contribution in [0.1, 0.15) is 48.4 Å². The fourth-order valence-electron chi connectivity index (χ4n) is 5.06. The Kier molecular flexibility index (Phi) is 10.7. The largest absolute Gasteiger partial charge is 0.467 e. The molecular formula is C33H37N3O5. The molecular weight excluding hydrogens is 518 g/mol. The van der Waals surface area contributed by atoms with Gasteiger partial charge in [0.2, 0.25) is 17.7 Å². The van der Waals surface area contributed by atoms with Crippen molar-refractivity contribution in [1.82, 2.24) is 15.5 Å². The Morgan fingerprint density at radius 2 is 1.37 bits per heavy atom. The van der Waals surface area contributed by atoms with E-state index in [9.17, 15) is 19.2 Å². The molecule has 3 aromatic rings. The van der Waals surface area contributed by atoms with Gasteiger partial charge in [-0.15, -0.1) is 0 Å². The number of likely N-dealkylation sites (tertiary alicyclic amines) is 1. The summed E-state index contributed by atoms with van der Waals surface area (Å²) in [5.74, 6) is -1.14. The Hall–Kier alpha value is -4.46. The van der Waals surface area contributed by atoms with Crippen LogP contribution in [0.15, 0.2) is 91.0 Å². The molecule has 0 aliphatic carbocycles. The summed E-state index contributed by atoms with van der Waals surface area (Å²) < 4.78 is 4.94. The number of nitrogens with one attached hydrogen (secondary N) is 2. The van der Waals surface area contributed by atoms with E-state index in [1.807, 2.05) is 95.9 Å². The number of esters is 1. The minimum absolute atomic E-state index is 0.0927.